The molecule has 0 fully saturated rings. The normalized spacial score (nSPS) is 11.3. The summed E-state index contributed by atoms with van der Waals surface area (Å²) in [5, 5.41) is 17.3. The van der Waals surface area contributed by atoms with Gasteiger partial charge in [-0.2, -0.15) is 0 Å². The zero-order chi connectivity index (χ0) is 21.1. The van der Waals surface area contributed by atoms with Gasteiger partial charge in [0, 0.05) is 30.3 Å². The van der Waals surface area contributed by atoms with Crippen molar-refractivity contribution in [3.63, 3.8) is 0 Å². The van der Waals surface area contributed by atoms with Crippen LogP contribution in [0.5, 0.6) is 0 Å². The molecule has 2 aromatic rings. The van der Waals surface area contributed by atoms with Gasteiger partial charge >= 0.3 is 12.0 Å². The van der Waals surface area contributed by atoms with Gasteiger partial charge in [-0.05, 0) is 43.0 Å². The summed E-state index contributed by atoms with van der Waals surface area (Å²) in [4.78, 5) is 35.5. The van der Waals surface area contributed by atoms with E-state index in [9.17, 15) is 14.4 Å². The third-order valence-electron chi connectivity index (χ3n) is 4.28. The Bertz CT molecular complexity index is 824. The van der Waals surface area contributed by atoms with E-state index < -0.39 is 12.0 Å². The molecule has 0 aliphatic carbocycles. The monoisotopic (exact) mass is 397 g/mol. The van der Waals surface area contributed by atoms with Crippen LogP contribution >= 0.6 is 0 Å². The third kappa shape index (κ3) is 8.04. The van der Waals surface area contributed by atoms with Crippen LogP contribution < -0.4 is 16.0 Å². The van der Waals surface area contributed by atoms with E-state index >= 15 is 0 Å². The van der Waals surface area contributed by atoms with Crippen molar-refractivity contribution in [3.05, 3.63) is 65.7 Å². The quantitative estimate of drug-likeness (QED) is 0.493. The van der Waals surface area contributed by atoms with E-state index in [1.165, 1.54) is 0 Å². The molecule has 7 heteroatoms. The van der Waals surface area contributed by atoms with Crippen LogP contribution in [0.1, 0.15) is 42.1 Å². The molecule has 0 heterocycles. The lowest BCUT2D eigenvalue weighted by molar-refractivity contribution is -0.137. The van der Waals surface area contributed by atoms with Crippen LogP contribution in [0, 0.1) is 0 Å². The number of carboxylic acid groups (broad SMARTS) is 1. The molecule has 1 atom stereocenters. The minimum absolute atomic E-state index is 0.0368. The Morgan fingerprint density at radius 3 is 2.48 bits per heavy atom. The van der Waals surface area contributed by atoms with Gasteiger partial charge in [0.2, 0.25) is 0 Å². The zero-order valence-electron chi connectivity index (χ0n) is 16.5. The number of carbonyl (C=O) groups excluding carboxylic acids is 2. The van der Waals surface area contributed by atoms with Crippen LogP contribution in [0.2, 0.25) is 0 Å². The molecule has 4 N–H and O–H groups in total. The Morgan fingerprint density at radius 1 is 1.03 bits per heavy atom. The van der Waals surface area contributed by atoms with Crippen LogP contribution in [0.25, 0.3) is 0 Å². The van der Waals surface area contributed by atoms with Crippen molar-refractivity contribution < 1.29 is 19.5 Å². The van der Waals surface area contributed by atoms with Crippen molar-refractivity contribution in [1.29, 1.82) is 0 Å². The van der Waals surface area contributed by atoms with Crippen LogP contribution in [0.3, 0.4) is 0 Å². The molecule has 0 aromatic heterocycles. The molecular formula is C22H27N3O4. The molecule has 154 valence electrons. The van der Waals surface area contributed by atoms with Crippen molar-refractivity contribution in [3.8, 4) is 0 Å². The predicted molar refractivity (Wildman–Crippen MR) is 112 cm³/mol. The largest absolute Gasteiger partial charge is 0.481 e. The van der Waals surface area contributed by atoms with E-state index in [0.717, 1.165) is 12.0 Å². The molecule has 7 nitrogen and oxygen atoms in total. The van der Waals surface area contributed by atoms with Crippen molar-refractivity contribution in [2.24, 2.45) is 0 Å². The lowest BCUT2D eigenvalue weighted by atomic mass is 10.0. The first-order valence-electron chi connectivity index (χ1n) is 9.69. The minimum Gasteiger partial charge on any atom is -0.481 e. The predicted octanol–water partition coefficient (Wildman–Crippen LogP) is 3.42. The summed E-state index contributed by atoms with van der Waals surface area (Å²) < 4.78 is 0. The second-order valence-electron chi connectivity index (χ2n) is 6.75. The van der Waals surface area contributed by atoms with Crippen LogP contribution in [0.15, 0.2) is 54.6 Å². The first kappa shape index (κ1) is 21.9. The Labute approximate surface area is 170 Å². The summed E-state index contributed by atoms with van der Waals surface area (Å²) in [6.07, 6.45) is 1.65. The second-order valence-corrected chi connectivity index (χ2v) is 6.75. The Balaban J connectivity index is 1.99. The number of urea groups is 1. The van der Waals surface area contributed by atoms with E-state index in [0.29, 0.717) is 30.6 Å². The molecule has 0 saturated heterocycles. The van der Waals surface area contributed by atoms with E-state index in [2.05, 4.69) is 16.0 Å². The molecule has 0 aliphatic heterocycles. The van der Waals surface area contributed by atoms with Gasteiger partial charge in [-0.15, -0.1) is 0 Å². The van der Waals surface area contributed by atoms with Crippen molar-refractivity contribution in [2.45, 2.75) is 38.6 Å². The fourth-order valence-electron chi connectivity index (χ4n) is 2.85. The summed E-state index contributed by atoms with van der Waals surface area (Å²) in [6, 6.07) is 15.5. The van der Waals surface area contributed by atoms with Crippen LogP contribution in [-0.4, -0.2) is 35.6 Å². The van der Waals surface area contributed by atoms with E-state index in [4.69, 9.17) is 5.11 Å². The molecule has 3 amide bonds. The summed E-state index contributed by atoms with van der Waals surface area (Å²) in [6.45, 7) is 2.56. The summed E-state index contributed by atoms with van der Waals surface area (Å²) in [7, 11) is 0. The van der Waals surface area contributed by atoms with E-state index in [1.54, 1.807) is 24.3 Å². The van der Waals surface area contributed by atoms with Gasteiger partial charge < -0.3 is 21.1 Å². The molecule has 0 aliphatic rings. The summed E-state index contributed by atoms with van der Waals surface area (Å²) in [5.41, 5.74) is 1.96. The van der Waals surface area contributed by atoms with Gasteiger partial charge in [0.05, 0.1) is 0 Å². The number of aliphatic carboxylic acids is 1. The molecular weight excluding hydrogens is 370 g/mol. The smallest absolute Gasteiger partial charge is 0.319 e. The average Bonchev–Trinajstić information content (AvgIpc) is 2.71. The number of nitrogens with one attached hydrogen (secondary N) is 3. The lowest BCUT2D eigenvalue weighted by Gasteiger charge is -2.19. The Morgan fingerprint density at radius 2 is 1.79 bits per heavy atom. The van der Waals surface area contributed by atoms with Gasteiger partial charge in [0.15, 0.2) is 0 Å². The first-order chi connectivity index (χ1) is 14.0. The zero-order valence-corrected chi connectivity index (χ0v) is 16.5. The van der Waals surface area contributed by atoms with E-state index in [-0.39, 0.29) is 18.4 Å². The number of hydrogen-bond acceptors (Lipinski definition) is 3. The highest BCUT2D eigenvalue weighted by atomic mass is 16.4. The molecule has 29 heavy (non-hydrogen) atoms. The second kappa shape index (κ2) is 11.5. The number of anilines is 1. The molecule has 1 unspecified atom stereocenters. The number of hydrogen-bond donors (Lipinski definition) is 4. The van der Waals surface area contributed by atoms with Gasteiger partial charge in [-0.25, -0.2) is 4.79 Å². The maximum Gasteiger partial charge on any atom is 0.319 e. The van der Waals surface area contributed by atoms with Crippen LogP contribution in [-0.2, 0) is 11.2 Å². The fourth-order valence-corrected chi connectivity index (χ4v) is 2.85. The van der Waals surface area contributed by atoms with Crippen molar-refractivity contribution >= 4 is 23.6 Å². The molecule has 0 radical (unpaired) electrons. The SMILES string of the molecule is CCCNC(=O)c1cccc(NC(=O)NC(CCC(=O)O)Cc2ccccc2)c1. The summed E-state index contributed by atoms with van der Waals surface area (Å²) >= 11 is 0. The number of rotatable bonds is 10. The van der Waals surface area contributed by atoms with E-state index in [1.807, 2.05) is 37.3 Å². The highest BCUT2D eigenvalue weighted by Gasteiger charge is 2.15. The number of carboxylic acids is 1. The van der Waals surface area contributed by atoms with Crippen molar-refractivity contribution in [1.82, 2.24) is 10.6 Å². The fraction of sp³-hybridized carbons (Fsp3) is 0.318. The van der Waals surface area contributed by atoms with Gasteiger partial charge in [0.1, 0.15) is 0 Å². The molecule has 2 rings (SSSR count). The summed E-state index contributed by atoms with van der Waals surface area (Å²) in [5.74, 6) is -1.10. The van der Waals surface area contributed by atoms with Gasteiger partial charge in [-0.3, -0.25) is 9.59 Å². The minimum atomic E-state index is -0.906. The molecule has 0 saturated carbocycles. The number of carbonyl (C=O) groups is 3. The third-order valence-corrected chi connectivity index (χ3v) is 4.28. The van der Waals surface area contributed by atoms with Gasteiger partial charge in [-0.1, -0.05) is 43.3 Å². The molecule has 2 aromatic carbocycles. The highest BCUT2D eigenvalue weighted by molar-refractivity contribution is 5.96. The lowest BCUT2D eigenvalue weighted by Crippen LogP contribution is -2.39. The maximum absolute atomic E-state index is 12.4. The Hall–Kier alpha value is -3.35. The maximum atomic E-state index is 12.4. The first-order valence-corrected chi connectivity index (χ1v) is 9.69. The molecule has 0 bridgehead atoms. The van der Waals surface area contributed by atoms with Crippen LogP contribution in [0.4, 0.5) is 10.5 Å². The number of amides is 3. The van der Waals surface area contributed by atoms with Gasteiger partial charge in [0.25, 0.3) is 5.91 Å². The topological polar surface area (TPSA) is 108 Å². The molecule has 0 spiro atoms. The average molecular weight is 397 g/mol. The Kier molecular flexibility index (Phi) is 8.69. The highest BCUT2D eigenvalue weighted by Crippen LogP contribution is 2.12. The number of benzene rings is 2. The standard InChI is InChI=1S/C22H27N3O4/c1-2-13-23-21(28)17-9-6-10-18(15-17)24-22(29)25-19(11-12-20(26)27)14-16-7-4-3-5-8-16/h3-10,15,19H,2,11-14H2,1H3,(H,23,28)(H,26,27)(H2,24,25,29). The van der Waals surface area contributed by atoms with Crippen molar-refractivity contribution in [2.75, 3.05) is 11.9 Å².